The Kier molecular flexibility index (Phi) is 4.86. The monoisotopic (exact) mass is 160 g/mol. The Labute approximate surface area is 67.7 Å². The van der Waals surface area contributed by atoms with Crippen LogP contribution in [0, 0.1) is 11.8 Å². The van der Waals surface area contributed by atoms with Crippen molar-refractivity contribution in [3.05, 3.63) is 0 Å². The molecule has 0 rings (SSSR count). The van der Waals surface area contributed by atoms with Crippen LogP contribution in [0.4, 0.5) is 0 Å². The highest BCUT2D eigenvalue weighted by atomic mass is 16.5. The zero-order chi connectivity index (χ0) is 8.85. The molecule has 1 unspecified atom stereocenters. The summed E-state index contributed by atoms with van der Waals surface area (Å²) in [6.45, 7) is 4.38. The van der Waals surface area contributed by atoms with E-state index in [2.05, 4.69) is 4.74 Å². The SMILES string of the molecule is COCC(C(=O)OC)C(C)C. The first kappa shape index (κ1) is 10.4. The third-order valence-corrected chi connectivity index (χ3v) is 1.65. The lowest BCUT2D eigenvalue weighted by Gasteiger charge is -2.16. The molecule has 0 fully saturated rings. The maximum Gasteiger partial charge on any atom is 0.311 e. The quantitative estimate of drug-likeness (QED) is 0.577. The van der Waals surface area contributed by atoms with Crippen molar-refractivity contribution in [3.63, 3.8) is 0 Å². The number of carbonyl (C=O) groups excluding carboxylic acids is 1. The van der Waals surface area contributed by atoms with Gasteiger partial charge in [0, 0.05) is 7.11 Å². The zero-order valence-electron chi connectivity index (χ0n) is 7.59. The van der Waals surface area contributed by atoms with Gasteiger partial charge in [-0.05, 0) is 5.92 Å². The molecule has 0 N–H and O–H groups in total. The van der Waals surface area contributed by atoms with Gasteiger partial charge in [0.15, 0.2) is 0 Å². The predicted molar refractivity (Wildman–Crippen MR) is 42.2 cm³/mol. The molecule has 3 heteroatoms. The lowest BCUT2D eigenvalue weighted by Crippen LogP contribution is -2.25. The van der Waals surface area contributed by atoms with Gasteiger partial charge in [-0.3, -0.25) is 4.79 Å². The first-order valence-electron chi connectivity index (χ1n) is 3.70. The minimum Gasteiger partial charge on any atom is -0.469 e. The second kappa shape index (κ2) is 5.13. The molecule has 0 aliphatic carbocycles. The molecule has 0 amide bonds. The van der Waals surface area contributed by atoms with Crippen molar-refractivity contribution in [2.24, 2.45) is 11.8 Å². The molecule has 0 aromatic carbocycles. The lowest BCUT2D eigenvalue weighted by atomic mass is 9.97. The summed E-state index contributed by atoms with van der Waals surface area (Å²) in [6.07, 6.45) is 0. The first-order chi connectivity index (χ1) is 5.13. The minimum atomic E-state index is -0.193. The van der Waals surface area contributed by atoms with Crippen LogP contribution in [-0.4, -0.2) is 26.8 Å². The van der Waals surface area contributed by atoms with Crippen molar-refractivity contribution in [1.82, 2.24) is 0 Å². The van der Waals surface area contributed by atoms with Gasteiger partial charge in [-0.1, -0.05) is 13.8 Å². The lowest BCUT2D eigenvalue weighted by molar-refractivity contribution is -0.149. The summed E-state index contributed by atoms with van der Waals surface area (Å²) in [5, 5.41) is 0. The fraction of sp³-hybridized carbons (Fsp3) is 0.875. The van der Waals surface area contributed by atoms with Crippen LogP contribution >= 0.6 is 0 Å². The number of hydrogen-bond donors (Lipinski definition) is 0. The molecule has 0 heterocycles. The van der Waals surface area contributed by atoms with E-state index in [1.165, 1.54) is 7.11 Å². The van der Waals surface area contributed by atoms with Gasteiger partial charge in [0.1, 0.15) is 0 Å². The van der Waals surface area contributed by atoms with Crippen LogP contribution < -0.4 is 0 Å². The van der Waals surface area contributed by atoms with Crippen LogP contribution in [0.25, 0.3) is 0 Å². The van der Waals surface area contributed by atoms with Gasteiger partial charge in [0.25, 0.3) is 0 Å². The number of ether oxygens (including phenoxy) is 2. The molecular formula is C8H16O3. The summed E-state index contributed by atoms with van der Waals surface area (Å²) in [5.41, 5.74) is 0. The Morgan fingerprint density at radius 2 is 1.91 bits per heavy atom. The molecule has 0 radical (unpaired) electrons. The third kappa shape index (κ3) is 3.37. The molecule has 0 saturated carbocycles. The molecule has 3 nitrogen and oxygen atoms in total. The molecule has 0 bridgehead atoms. The van der Waals surface area contributed by atoms with Crippen LogP contribution in [-0.2, 0) is 14.3 Å². The van der Waals surface area contributed by atoms with Gasteiger partial charge in [-0.2, -0.15) is 0 Å². The number of carbonyl (C=O) groups is 1. The largest absolute Gasteiger partial charge is 0.469 e. The van der Waals surface area contributed by atoms with E-state index >= 15 is 0 Å². The molecule has 0 aromatic rings. The summed E-state index contributed by atoms with van der Waals surface area (Å²) in [4.78, 5) is 11.0. The Balaban J connectivity index is 3.98. The first-order valence-corrected chi connectivity index (χ1v) is 3.70. The number of esters is 1. The highest BCUT2D eigenvalue weighted by Gasteiger charge is 2.22. The van der Waals surface area contributed by atoms with Gasteiger partial charge in [-0.15, -0.1) is 0 Å². The second-order valence-corrected chi connectivity index (χ2v) is 2.83. The second-order valence-electron chi connectivity index (χ2n) is 2.83. The van der Waals surface area contributed by atoms with Crippen molar-refractivity contribution in [3.8, 4) is 0 Å². The molecular weight excluding hydrogens is 144 g/mol. The van der Waals surface area contributed by atoms with Crippen molar-refractivity contribution < 1.29 is 14.3 Å². The van der Waals surface area contributed by atoms with E-state index in [0.29, 0.717) is 6.61 Å². The smallest absolute Gasteiger partial charge is 0.311 e. The van der Waals surface area contributed by atoms with Crippen LogP contribution in [0.3, 0.4) is 0 Å². The topological polar surface area (TPSA) is 35.5 Å². The van der Waals surface area contributed by atoms with Crippen LogP contribution in [0.2, 0.25) is 0 Å². The molecule has 0 saturated heterocycles. The van der Waals surface area contributed by atoms with Crippen LogP contribution in [0.15, 0.2) is 0 Å². The van der Waals surface area contributed by atoms with E-state index in [9.17, 15) is 4.79 Å². The minimum absolute atomic E-state index is 0.134. The average molecular weight is 160 g/mol. The summed E-state index contributed by atoms with van der Waals surface area (Å²) in [6, 6.07) is 0. The normalized spacial score (nSPS) is 13.2. The highest BCUT2D eigenvalue weighted by Crippen LogP contribution is 2.12. The van der Waals surface area contributed by atoms with Gasteiger partial charge in [0.2, 0.25) is 0 Å². The average Bonchev–Trinajstić information content (AvgIpc) is 1.98. The van der Waals surface area contributed by atoms with Crippen molar-refractivity contribution in [2.45, 2.75) is 13.8 Å². The van der Waals surface area contributed by atoms with Gasteiger partial charge < -0.3 is 9.47 Å². The number of rotatable bonds is 4. The molecule has 1 atom stereocenters. The summed E-state index contributed by atoms with van der Waals surface area (Å²) in [7, 11) is 2.98. The molecule has 0 spiro atoms. The van der Waals surface area contributed by atoms with Crippen molar-refractivity contribution in [1.29, 1.82) is 0 Å². The maximum atomic E-state index is 11.0. The van der Waals surface area contributed by atoms with E-state index < -0.39 is 0 Å². The Bertz CT molecular complexity index is 121. The molecule has 0 aromatic heterocycles. The molecule has 0 aliphatic heterocycles. The van der Waals surface area contributed by atoms with Crippen LogP contribution in [0.1, 0.15) is 13.8 Å². The van der Waals surface area contributed by atoms with E-state index in [4.69, 9.17) is 4.74 Å². The molecule has 66 valence electrons. The van der Waals surface area contributed by atoms with Gasteiger partial charge in [0.05, 0.1) is 19.6 Å². The van der Waals surface area contributed by atoms with E-state index in [1.807, 2.05) is 13.8 Å². The Morgan fingerprint density at radius 3 is 2.18 bits per heavy atom. The Hall–Kier alpha value is -0.570. The Morgan fingerprint density at radius 1 is 1.36 bits per heavy atom. The number of hydrogen-bond acceptors (Lipinski definition) is 3. The third-order valence-electron chi connectivity index (χ3n) is 1.65. The van der Waals surface area contributed by atoms with E-state index in [-0.39, 0.29) is 17.8 Å². The van der Waals surface area contributed by atoms with Crippen molar-refractivity contribution in [2.75, 3.05) is 20.8 Å². The summed E-state index contributed by atoms with van der Waals surface area (Å²) in [5.74, 6) is -0.0609. The van der Waals surface area contributed by atoms with Gasteiger partial charge in [-0.25, -0.2) is 0 Å². The molecule has 11 heavy (non-hydrogen) atoms. The zero-order valence-corrected chi connectivity index (χ0v) is 7.59. The molecule has 0 aliphatic rings. The maximum absolute atomic E-state index is 11.0. The fourth-order valence-corrected chi connectivity index (χ4v) is 0.864. The predicted octanol–water partition coefficient (Wildman–Crippen LogP) is 1.08. The fourth-order valence-electron chi connectivity index (χ4n) is 0.864. The number of methoxy groups -OCH3 is 2. The van der Waals surface area contributed by atoms with Crippen LogP contribution in [0.5, 0.6) is 0 Å². The standard InChI is InChI=1S/C8H16O3/c1-6(2)7(5-10-3)8(9)11-4/h6-7H,5H2,1-4H3. The summed E-state index contributed by atoms with van der Waals surface area (Å²) >= 11 is 0. The summed E-state index contributed by atoms with van der Waals surface area (Å²) < 4.78 is 9.49. The van der Waals surface area contributed by atoms with Crippen molar-refractivity contribution >= 4 is 5.97 Å². The van der Waals surface area contributed by atoms with E-state index in [0.717, 1.165) is 0 Å². The van der Waals surface area contributed by atoms with Gasteiger partial charge >= 0.3 is 5.97 Å². The highest BCUT2D eigenvalue weighted by molar-refractivity contribution is 5.72. The van der Waals surface area contributed by atoms with E-state index in [1.54, 1.807) is 7.11 Å².